The molecule has 0 bridgehead atoms. The van der Waals surface area contributed by atoms with Crippen LogP contribution >= 0.6 is 15.9 Å². The molecule has 0 aliphatic heterocycles. The first-order valence-corrected chi connectivity index (χ1v) is 8.46. The molecule has 0 saturated heterocycles. The van der Waals surface area contributed by atoms with Gasteiger partial charge in [0, 0.05) is 23.6 Å². The summed E-state index contributed by atoms with van der Waals surface area (Å²) >= 11 is 3.21. The Labute approximate surface area is 152 Å². The Hall–Kier alpha value is -2.61. The van der Waals surface area contributed by atoms with Gasteiger partial charge < -0.3 is 20.4 Å². The fourth-order valence-electron chi connectivity index (χ4n) is 1.98. The van der Waals surface area contributed by atoms with Crippen LogP contribution in [-0.4, -0.2) is 23.5 Å². The minimum atomic E-state index is -0.535. The van der Waals surface area contributed by atoms with Crippen LogP contribution in [0.1, 0.15) is 18.4 Å². The van der Waals surface area contributed by atoms with Crippen molar-refractivity contribution in [2.24, 2.45) is 0 Å². The molecule has 3 N–H and O–H groups in total. The lowest BCUT2D eigenvalue weighted by Crippen LogP contribution is -2.26. The second-order valence-electron chi connectivity index (χ2n) is 5.20. The molecule has 0 aliphatic carbocycles. The number of hydrogen-bond acceptors (Lipinski definition) is 4. The Morgan fingerprint density at radius 3 is 2.72 bits per heavy atom. The Kier molecular flexibility index (Phi) is 7.21. The smallest absolute Gasteiger partial charge is 0.407 e. The monoisotopic (exact) mass is 407 g/mol. The molecule has 2 amide bonds. The molecular weight excluding hydrogens is 390 g/mol. The van der Waals surface area contributed by atoms with E-state index in [4.69, 9.17) is 4.74 Å². The summed E-state index contributed by atoms with van der Waals surface area (Å²) in [6, 6.07) is 10.9. The molecule has 0 aliphatic rings. The molecule has 7 nitrogen and oxygen atoms in total. The molecule has 0 spiro atoms. The number of rotatable bonds is 7. The first-order chi connectivity index (χ1) is 12.0. The highest BCUT2D eigenvalue weighted by molar-refractivity contribution is 9.10. The van der Waals surface area contributed by atoms with Crippen molar-refractivity contribution in [3.05, 3.63) is 63.0 Å². The predicted molar refractivity (Wildman–Crippen MR) is 97.3 cm³/mol. The fourth-order valence-corrected chi connectivity index (χ4v) is 2.32. The lowest BCUT2D eigenvalue weighted by molar-refractivity contribution is -0.116. The molecule has 0 atom stereocenters. The number of amides is 2. The Balaban J connectivity index is 1.63. The molecular formula is C17H18BrN3O4. The van der Waals surface area contributed by atoms with Crippen molar-refractivity contribution in [1.29, 1.82) is 0 Å². The van der Waals surface area contributed by atoms with Gasteiger partial charge in [-0.2, -0.15) is 0 Å². The number of pyridine rings is 1. The van der Waals surface area contributed by atoms with Gasteiger partial charge in [0.05, 0.1) is 0 Å². The summed E-state index contributed by atoms with van der Waals surface area (Å²) in [5.74, 6) is -0.303. The zero-order chi connectivity index (χ0) is 18.1. The van der Waals surface area contributed by atoms with Gasteiger partial charge in [-0.15, -0.1) is 0 Å². The number of alkyl carbamates (subject to hydrolysis) is 1. The van der Waals surface area contributed by atoms with Crippen LogP contribution in [0, 0.1) is 0 Å². The van der Waals surface area contributed by atoms with Crippen LogP contribution in [0.2, 0.25) is 0 Å². The van der Waals surface area contributed by atoms with Crippen molar-refractivity contribution < 1.29 is 14.3 Å². The van der Waals surface area contributed by atoms with E-state index in [1.165, 1.54) is 12.3 Å². The summed E-state index contributed by atoms with van der Waals surface area (Å²) in [6.45, 7) is 0.495. The minimum Gasteiger partial charge on any atom is -0.445 e. The quantitative estimate of drug-likeness (QED) is 0.614. The average Bonchev–Trinajstić information content (AvgIpc) is 2.61. The van der Waals surface area contributed by atoms with Crippen LogP contribution in [0.4, 0.5) is 10.5 Å². The van der Waals surface area contributed by atoms with Gasteiger partial charge >= 0.3 is 6.09 Å². The molecule has 2 aromatic rings. The topological polar surface area (TPSA) is 100 Å². The second kappa shape index (κ2) is 9.63. The highest BCUT2D eigenvalue weighted by Crippen LogP contribution is 2.10. The normalized spacial score (nSPS) is 10.1. The summed E-state index contributed by atoms with van der Waals surface area (Å²) in [4.78, 5) is 37.4. The molecule has 132 valence electrons. The first-order valence-electron chi connectivity index (χ1n) is 7.67. The number of halogens is 1. The van der Waals surface area contributed by atoms with Crippen LogP contribution < -0.4 is 16.2 Å². The summed E-state index contributed by atoms with van der Waals surface area (Å²) in [7, 11) is 0. The van der Waals surface area contributed by atoms with Crippen molar-refractivity contribution in [3.63, 3.8) is 0 Å². The maximum Gasteiger partial charge on any atom is 0.407 e. The molecule has 0 fully saturated rings. The Bertz CT molecular complexity index is 777. The molecule has 1 heterocycles. The third-order valence-electron chi connectivity index (χ3n) is 3.20. The molecule has 0 saturated carbocycles. The van der Waals surface area contributed by atoms with Crippen LogP contribution in [-0.2, 0) is 16.1 Å². The van der Waals surface area contributed by atoms with E-state index < -0.39 is 6.09 Å². The number of benzene rings is 1. The number of hydrogen-bond donors (Lipinski definition) is 3. The van der Waals surface area contributed by atoms with E-state index in [2.05, 4.69) is 31.5 Å². The molecule has 25 heavy (non-hydrogen) atoms. The molecule has 2 rings (SSSR count). The van der Waals surface area contributed by atoms with E-state index in [1.54, 1.807) is 0 Å². The van der Waals surface area contributed by atoms with Gasteiger partial charge in [-0.05, 0) is 34.0 Å². The van der Waals surface area contributed by atoms with Gasteiger partial charge in [0.25, 0.3) is 5.56 Å². The third-order valence-corrected chi connectivity index (χ3v) is 3.66. The van der Waals surface area contributed by atoms with E-state index >= 15 is 0 Å². The van der Waals surface area contributed by atoms with Crippen molar-refractivity contribution >= 4 is 33.6 Å². The van der Waals surface area contributed by atoms with Crippen LogP contribution in [0.3, 0.4) is 0 Å². The van der Waals surface area contributed by atoms with Crippen molar-refractivity contribution in [3.8, 4) is 0 Å². The van der Waals surface area contributed by atoms with E-state index in [0.29, 0.717) is 17.4 Å². The lowest BCUT2D eigenvalue weighted by atomic mass is 10.2. The molecule has 8 heteroatoms. The van der Waals surface area contributed by atoms with Gasteiger partial charge in [0.2, 0.25) is 5.91 Å². The van der Waals surface area contributed by atoms with Gasteiger partial charge in [-0.1, -0.05) is 30.3 Å². The van der Waals surface area contributed by atoms with Crippen LogP contribution in [0.25, 0.3) is 0 Å². The highest BCUT2D eigenvalue weighted by atomic mass is 79.9. The zero-order valence-corrected chi connectivity index (χ0v) is 15.0. The summed E-state index contributed by atoms with van der Waals surface area (Å²) in [6.07, 6.45) is 1.55. The SMILES string of the molecule is O=C(CCCNC(=O)OCc1ccccc1)Nc1cc(Br)c[nH]c1=O. The molecule has 1 aromatic carbocycles. The second-order valence-corrected chi connectivity index (χ2v) is 6.12. The van der Waals surface area contributed by atoms with E-state index in [9.17, 15) is 14.4 Å². The molecule has 0 unspecified atom stereocenters. The number of carbonyl (C=O) groups excluding carboxylic acids is 2. The number of ether oxygens (including phenoxy) is 1. The number of aromatic nitrogens is 1. The van der Waals surface area contributed by atoms with Gasteiger partial charge in [-0.25, -0.2) is 4.79 Å². The van der Waals surface area contributed by atoms with E-state index in [-0.39, 0.29) is 30.2 Å². The molecule has 0 radical (unpaired) electrons. The average molecular weight is 408 g/mol. The van der Waals surface area contributed by atoms with Crippen LogP contribution in [0.15, 0.2) is 51.9 Å². The lowest BCUT2D eigenvalue weighted by Gasteiger charge is -2.07. The summed E-state index contributed by atoms with van der Waals surface area (Å²) < 4.78 is 5.72. The Morgan fingerprint density at radius 1 is 1.20 bits per heavy atom. The minimum absolute atomic E-state index is 0.172. The van der Waals surface area contributed by atoms with Crippen molar-refractivity contribution in [1.82, 2.24) is 10.3 Å². The van der Waals surface area contributed by atoms with E-state index in [0.717, 1.165) is 5.56 Å². The largest absolute Gasteiger partial charge is 0.445 e. The number of H-pyrrole nitrogens is 1. The van der Waals surface area contributed by atoms with Gasteiger partial charge in [0.15, 0.2) is 0 Å². The summed E-state index contributed by atoms with van der Waals surface area (Å²) in [5, 5.41) is 5.11. The summed E-state index contributed by atoms with van der Waals surface area (Å²) in [5.41, 5.74) is 0.699. The third kappa shape index (κ3) is 6.80. The van der Waals surface area contributed by atoms with Crippen LogP contribution in [0.5, 0.6) is 0 Å². The van der Waals surface area contributed by atoms with Gasteiger partial charge in [0.1, 0.15) is 12.3 Å². The molecule has 1 aromatic heterocycles. The Morgan fingerprint density at radius 2 is 1.96 bits per heavy atom. The number of anilines is 1. The number of nitrogens with one attached hydrogen (secondary N) is 3. The highest BCUT2D eigenvalue weighted by Gasteiger charge is 2.07. The maximum atomic E-state index is 11.8. The van der Waals surface area contributed by atoms with Crippen molar-refractivity contribution in [2.75, 3.05) is 11.9 Å². The predicted octanol–water partition coefficient (Wildman–Crippen LogP) is 2.78. The zero-order valence-electron chi connectivity index (χ0n) is 13.4. The maximum absolute atomic E-state index is 11.8. The fraction of sp³-hybridized carbons (Fsp3) is 0.235. The van der Waals surface area contributed by atoms with E-state index in [1.807, 2.05) is 30.3 Å². The number of carbonyl (C=O) groups is 2. The number of aromatic amines is 1. The standard InChI is InChI=1S/C17H18BrN3O4/c18-13-9-14(16(23)20-10-13)21-15(22)7-4-8-19-17(24)25-11-12-5-2-1-3-6-12/h1-3,5-6,9-10H,4,7-8,11H2,(H,19,24)(H,20,23)(H,21,22). The van der Waals surface area contributed by atoms with Crippen molar-refractivity contribution in [2.45, 2.75) is 19.4 Å². The van der Waals surface area contributed by atoms with Gasteiger partial charge in [-0.3, -0.25) is 9.59 Å². The first kappa shape index (κ1) is 18.7.